The molecule has 2 aromatic heterocycles. The molecule has 0 aliphatic heterocycles. The van der Waals surface area contributed by atoms with Gasteiger partial charge >= 0.3 is 0 Å². The van der Waals surface area contributed by atoms with Crippen LogP contribution in [-0.2, 0) is 0 Å². The molecule has 2 rings (SSSR count). The van der Waals surface area contributed by atoms with Gasteiger partial charge in [-0.05, 0) is 22.4 Å². The lowest BCUT2D eigenvalue weighted by Crippen LogP contribution is -2.15. The molecule has 2 aromatic rings. The van der Waals surface area contributed by atoms with Crippen LogP contribution in [0.4, 0.5) is 5.82 Å². The van der Waals surface area contributed by atoms with Crippen LogP contribution in [0.5, 0.6) is 0 Å². The smallest absolute Gasteiger partial charge is 0.199 e. The molecule has 0 radical (unpaired) electrons. The number of nitrogens with two attached hydrogens (primary N) is 2. The van der Waals surface area contributed by atoms with E-state index >= 15 is 0 Å². The third-order valence-electron chi connectivity index (χ3n) is 1.80. The van der Waals surface area contributed by atoms with E-state index in [1.165, 1.54) is 6.21 Å². The standard InChI is InChI=1S/C9H9N7O/c10-8(7-9(11)16-17-15-7)14-13-5-6-3-1-2-4-12-6/h1-5H,(H2,10,14)(H2,11,16). The summed E-state index contributed by atoms with van der Waals surface area (Å²) in [6.45, 7) is 0. The van der Waals surface area contributed by atoms with Gasteiger partial charge in [-0.2, -0.15) is 5.10 Å². The molecule has 86 valence electrons. The fourth-order valence-electron chi connectivity index (χ4n) is 1.02. The second-order valence-corrected chi connectivity index (χ2v) is 2.98. The third-order valence-corrected chi connectivity index (χ3v) is 1.80. The maximum absolute atomic E-state index is 5.58. The minimum absolute atomic E-state index is 0.0240. The summed E-state index contributed by atoms with van der Waals surface area (Å²) in [6, 6.07) is 5.42. The van der Waals surface area contributed by atoms with Gasteiger partial charge in [-0.25, -0.2) is 4.63 Å². The Morgan fingerprint density at radius 2 is 2.24 bits per heavy atom. The van der Waals surface area contributed by atoms with E-state index in [1.807, 2.05) is 6.07 Å². The number of pyridine rings is 1. The third kappa shape index (κ3) is 2.62. The zero-order chi connectivity index (χ0) is 12.1. The Kier molecular flexibility index (Phi) is 3.05. The average Bonchev–Trinajstić information content (AvgIpc) is 2.77. The van der Waals surface area contributed by atoms with E-state index in [4.69, 9.17) is 11.5 Å². The molecule has 0 aromatic carbocycles. The van der Waals surface area contributed by atoms with Gasteiger partial charge in [0, 0.05) is 6.20 Å². The lowest BCUT2D eigenvalue weighted by Gasteiger charge is -1.91. The maximum atomic E-state index is 5.58. The first-order valence-corrected chi connectivity index (χ1v) is 4.63. The van der Waals surface area contributed by atoms with Gasteiger partial charge in [-0.15, -0.1) is 5.10 Å². The summed E-state index contributed by atoms with van der Waals surface area (Å²) in [5.41, 5.74) is 11.8. The number of hydrogen-bond acceptors (Lipinski definition) is 7. The Hall–Kier alpha value is -2.77. The van der Waals surface area contributed by atoms with E-state index in [1.54, 1.807) is 18.3 Å². The Morgan fingerprint density at radius 1 is 1.35 bits per heavy atom. The van der Waals surface area contributed by atoms with E-state index < -0.39 is 0 Å². The van der Waals surface area contributed by atoms with E-state index in [0.717, 1.165) is 0 Å². The molecule has 0 fully saturated rings. The molecule has 8 heteroatoms. The molecule has 0 amide bonds. The topological polar surface area (TPSA) is 129 Å². The van der Waals surface area contributed by atoms with Gasteiger partial charge in [-0.1, -0.05) is 6.07 Å². The van der Waals surface area contributed by atoms with Gasteiger partial charge in [0.05, 0.1) is 11.9 Å². The lowest BCUT2D eigenvalue weighted by atomic mass is 10.4. The van der Waals surface area contributed by atoms with Crippen molar-refractivity contribution in [2.24, 2.45) is 15.9 Å². The summed E-state index contributed by atoms with van der Waals surface area (Å²) < 4.78 is 4.38. The van der Waals surface area contributed by atoms with Crippen LogP contribution < -0.4 is 11.5 Å². The second kappa shape index (κ2) is 4.84. The highest BCUT2D eigenvalue weighted by atomic mass is 16.6. The molecule has 2 heterocycles. The highest BCUT2D eigenvalue weighted by Gasteiger charge is 2.09. The summed E-state index contributed by atoms with van der Waals surface area (Å²) in [5, 5.41) is 14.3. The van der Waals surface area contributed by atoms with Crippen molar-refractivity contribution in [3.8, 4) is 0 Å². The predicted octanol–water partition coefficient (Wildman–Crippen LogP) is -0.214. The molecule has 17 heavy (non-hydrogen) atoms. The van der Waals surface area contributed by atoms with Crippen molar-refractivity contribution in [2.45, 2.75) is 0 Å². The van der Waals surface area contributed by atoms with Crippen LogP contribution in [0.25, 0.3) is 0 Å². The summed E-state index contributed by atoms with van der Waals surface area (Å²) in [7, 11) is 0. The highest BCUT2D eigenvalue weighted by molar-refractivity contribution is 5.99. The van der Waals surface area contributed by atoms with Crippen molar-refractivity contribution >= 4 is 17.9 Å². The molecule has 0 saturated carbocycles. The summed E-state index contributed by atoms with van der Waals surface area (Å²) in [4.78, 5) is 4.03. The molecular formula is C9H9N7O. The minimum atomic E-state index is 0.0240. The highest BCUT2D eigenvalue weighted by Crippen LogP contribution is 2.02. The van der Waals surface area contributed by atoms with Gasteiger partial charge in [0.1, 0.15) is 0 Å². The Balaban J connectivity index is 2.11. The first-order valence-electron chi connectivity index (χ1n) is 4.63. The van der Waals surface area contributed by atoms with E-state index in [2.05, 4.69) is 30.1 Å². The molecule has 0 spiro atoms. The number of anilines is 1. The van der Waals surface area contributed by atoms with Gasteiger partial charge < -0.3 is 11.5 Å². The normalized spacial score (nSPS) is 12.1. The second-order valence-electron chi connectivity index (χ2n) is 2.98. The van der Waals surface area contributed by atoms with Crippen LogP contribution >= 0.6 is 0 Å². The largest absolute Gasteiger partial charge is 0.380 e. The Labute approximate surface area is 96.0 Å². The summed E-state index contributed by atoms with van der Waals surface area (Å²) >= 11 is 0. The fraction of sp³-hybridized carbons (Fsp3) is 0. The van der Waals surface area contributed by atoms with Crippen molar-refractivity contribution in [3.05, 3.63) is 35.8 Å². The zero-order valence-corrected chi connectivity index (χ0v) is 8.69. The average molecular weight is 231 g/mol. The first kappa shape index (κ1) is 10.7. The van der Waals surface area contributed by atoms with Crippen LogP contribution in [0.2, 0.25) is 0 Å². The predicted molar refractivity (Wildman–Crippen MR) is 61.3 cm³/mol. The van der Waals surface area contributed by atoms with Crippen molar-refractivity contribution in [3.63, 3.8) is 0 Å². The molecule has 0 atom stereocenters. The van der Waals surface area contributed by atoms with Crippen molar-refractivity contribution in [2.75, 3.05) is 5.73 Å². The number of nitrogens with zero attached hydrogens (tertiary/aromatic N) is 5. The molecule has 0 aliphatic rings. The van der Waals surface area contributed by atoms with Crippen molar-refractivity contribution < 1.29 is 4.63 Å². The monoisotopic (exact) mass is 231 g/mol. The SMILES string of the molecule is NC(=NN=Cc1ccccn1)c1nonc1N. The number of hydrogen-bond donors (Lipinski definition) is 2. The first-order chi connectivity index (χ1) is 8.27. The van der Waals surface area contributed by atoms with Gasteiger partial charge in [0.15, 0.2) is 17.3 Å². The van der Waals surface area contributed by atoms with E-state index in [0.29, 0.717) is 5.69 Å². The van der Waals surface area contributed by atoms with Crippen molar-refractivity contribution in [1.82, 2.24) is 15.3 Å². The summed E-state index contributed by atoms with van der Waals surface area (Å²) in [6.07, 6.45) is 3.10. The molecule has 0 saturated heterocycles. The van der Waals surface area contributed by atoms with Gasteiger partial charge in [0.25, 0.3) is 0 Å². The van der Waals surface area contributed by atoms with E-state index in [9.17, 15) is 0 Å². The molecule has 0 unspecified atom stereocenters. The molecule has 0 bridgehead atoms. The number of aromatic nitrogens is 3. The number of rotatable bonds is 3. The van der Waals surface area contributed by atoms with Crippen LogP contribution in [0.1, 0.15) is 11.4 Å². The fourth-order valence-corrected chi connectivity index (χ4v) is 1.02. The Bertz CT molecular complexity index is 545. The van der Waals surface area contributed by atoms with Gasteiger partial charge in [-0.3, -0.25) is 4.98 Å². The summed E-state index contributed by atoms with van der Waals surface area (Å²) in [5.74, 6) is 0.0928. The zero-order valence-electron chi connectivity index (χ0n) is 8.69. The van der Waals surface area contributed by atoms with Crippen LogP contribution in [0.15, 0.2) is 39.2 Å². The van der Waals surface area contributed by atoms with Gasteiger partial charge in [0.2, 0.25) is 0 Å². The van der Waals surface area contributed by atoms with Crippen LogP contribution in [0, 0.1) is 0 Å². The van der Waals surface area contributed by atoms with Crippen LogP contribution in [-0.4, -0.2) is 27.3 Å². The minimum Gasteiger partial charge on any atom is -0.380 e. The number of nitrogen functional groups attached to an aromatic ring is 1. The molecule has 4 N–H and O–H groups in total. The van der Waals surface area contributed by atoms with Crippen molar-refractivity contribution in [1.29, 1.82) is 0 Å². The van der Waals surface area contributed by atoms with Crippen LogP contribution in [0.3, 0.4) is 0 Å². The molecule has 8 nitrogen and oxygen atoms in total. The number of amidine groups is 1. The quantitative estimate of drug-likeness (QED) is 0.427. The van der Waals surface area contributed by atoms with E-state index in [-0.39, 0.29) is 17.3 Å². The Morgan fingerprint density at radius 3 is 2.88 bits per heavy atom. The lowest BCUT2D eigenvalue weighted by molar-refractivity contribution is 0.308. The maximum Gasteiger partial charge on any atom is 0.199 e. The molecular weight excluding hydrogens is 222 g/mol. The molecule has 0 aliphatic carbocycles.